The number of nitrogens with zero attached hydrogens (tertiary/aromatic N) is 3. The van der Waals surface area contributed by atoms with Crippen molar-refractivity contribution in [2.45, 2.75) is 37.9 Å². The molecule has 35 heavy (non-hydrogen) atoms. The first kappa shape index (κ1) is 23.3. The second kappa shape index (κ2) is 9.29. The molecule has 184 valence electrons. The van der Waals surface area contributed by atoms with Crippen LogP contribution in [0.1, 0.15) is 41.7 Å². The molecule has 0 radical (unpaired) electrons. The van der Waals surface area contributed by atoms with Crippen LogP contribution in [0, 0.1) is 5.82 Å². The lowest BCUT2D eigenvalue weighted by atomic mass is 10.1. The van der Waals surface area contributed by atoms with Gasteiger partial charge in [-0.15, -0.1) is 0 Å². The molecule has 2 N–H and O–H groups in total. The number of hydrogen-bond acceptors (Lipinski definition) is 5. The Bertz CT molecular complexity index is 1300. The van der Waals surface area contributed by atoms with Gasteiger partial charge in [-0.3, -0.25) is 9.20 Å². The van der Waals surface area contributed by atoms with Crippen LogP contribution in [0.2, 0.25) is 0 Å². The number of aromatic nitrogens is 3. The van der Waals surface area contributed by atoms with Gasteiger partial charge in [-0.05, 0) is 37.0 Å². The number of rotatable bonds is 7. The van der Waals surface area contributed by atoms with Gasteiger partial charge in [0.15, 0.2) is 11.5 Å². The summed E-state index contributed by atoms with van der Waals surface area (Å²) in [5, 5.41) is 5.51. The fraction of sp³-hybridized carbons (Fsp3) is 0.375. The molecule has 7 nitrogen and oxygen atoms in total. The quantitative estimate of drug-likeness (QED) is 0.475. The molecule has 1 amide bonds. The average molecular weight is 489 g/mol. The van der Waals surface area contributed by atoms with E-state index < -0.39 is 24.3 Å². The average Bonchev–Trinajstić information content (AvgIpc) is 3.53. The van der Waals surface area contributed by atoms with E-state index in [1.807, 2.05) is 6.08 Å². The van der Waals surface area contributed by atoms with E-state index >= 15 is 0 Å². The van der Waals surface area contributed by atoms with Crippen molar-refractivity contribution in [1.29, 1.82) is 0 Å². The monoisotopic (exact) mass is 489 g/mol. The van der Waals surface area contributed by atoms with Gasteiger partial charge in [-0.2, -0.15) is 13.2 Å². The molecule has 0 bridgehead atoms. The van der Waals surface area contributed by atoms with Crippen LogP contribution in [-0.2, 0) is 4.74 Å². The van der Waals surface area contributed by atoms with Crippen molar-refractivity contribution in [1.82, 2.24) is 19.7 Å². The zero-order chi connectivity index (χ0) is 24.6. The number of ether oxygens (including phenoxy) is 1. The first-order valence-corrected chi connectivity index (χ1v) is 11.3. The van der Waals surface area contributed by atoms with Gasteiger partial charge in [0.2, 0.25) is 0 Å². The maximum absolute atomic E-state index is 14.8. The van der Waals surface area contributed by atoms with Gasteiger partial charge < -0.3 is 15.4 Å². The number of benzene rings is 1. The Morgan fingerprint density at radius 3 is 2.77 bits per heavy atom. The van der Waals surface area contributed by atoms with Gasteiger partial charge in [0.1, 0.15) is 5.82 Å². The number of carbonyl (C=O) groups excluding carboxylic acids is 1. The van der Waals surface area contributed by atoms with Gasteiger partial charge in [0, 0.05) is 24.3 Å². The second-order valence-electron chi connectivity index (χ2n) is 8.60. The minimum Gasteiger partial charge on any atom is -0.377 e. The minimum atomic E-state index is -4.31. The summed E-state index contributed by atoms with van der Waals surface area (Å²) in [6, 6.07) is 4.41. The Morgan fingerprint density at radius 2 is 2.09 bits per heavy atom. The number of fused-ring (bicyclic) bond motifs is 1. The lowest BCUT2D eigenvalue weighted by molar-refractivity contribution is -0.131. The first-order chi connectivity index (χ1) is 16.8. The lowest BCUT2D eigenvalue weighted by Gasteiger charge is -2.16. The van der Waals surface area contributed by atoms with Crippen molar-refractivity contribution in [2.24, 2.45) is 0 Å². The number of anilines is 1. The molecule has 3 aromatic rings. The van der Waals surface area contributed by atoms with E-state index in [0.717, 1.165) is 18.4 Å². The highest BCUT2D eigenvalue weighted by Gasteiger charge is 2.27. The van der Waals surface area contributed by atoms with Gasteiger partial charge >= 0.3 is 6.18 Å². The van der Waals surface area contributed by atoms with Gasteiger partial charge in [0.25, 0.3) is 5.91 Å². The molecule has 1 aromatic carbocycles. The van der Waals surface area contributed by atoms with Crippen molar-refractivity contribution in [3.05, 3.63) is 53.7 Å². The van der Waals surface area contributed by atoms with Gasteiger partial charge in [-0.1, -0.05) is 12.1 Å². The Balaban J connectivity index is 1.52. The summed E-state index contributed by atoms with van der Waals surface area (Å²) in [7, 11) is 0. The Hall–Kier alpha value is -3.47. The summed E-state index contributed by atoms with van der Waals surface area (Å²) in [6.45, 7) is 0.562. The maximum atomic E-state index is 14.8. The SMILES string of the molecule is O=C(NC1CC1)c1ccc(-c2cnc3c(NCCC(F)(F)F)nc(C4=CCOCC4)cn23)cc1F. The van der Waals surface area contributed by atoms with Crippen molar-refractivity contribution in [2.75, 3.05) is 25.1 Å². The van der Waals surface area contributed by atoms with Crippen LogP contribution < -0.4 is 10.6 Å². The molecule has 3 heterocycles. The molecule has 1 fully saturated rings. The van der Waals surface area contributed by atoms with E-state index in [9.17, 15) is 22.4 Å². The zero-order valence-electron chi connectivity index (χ0n) is 18.7. The summed E-state index contributed by atoms with van der Waals surface area (Å²) >= 11 is 0. The lowest BCUT2D eigenvalue weighted by Crippen LogP contribution is -2.26. The molecule has 1 saturated carbocycles. The predicted molar refractivity (Wildman–Crippen MR) is 121 cm³/mol. The number of carbonyl (C=O) groups is 1. The van der Waals surface area contributed by atoms with Crippen LogP contribution in [0.4, 0.5) is 23.4 Å². The third kappa shape index (κ3) is 5.29. The van der Waals surface area contributed by atoms with Crippen LogP contribution in [0.15, 0.2) is 36.7 Å². The molecule has 0 unspecified atom stereocenters. The minimum absolute atomic E-state index is 0.0429. The number of nitrogens with one attached hydrogen (secondary N) is 2. The van der Waals surface area contributed by atoms with Gasteiger partial charge in [-0.25, -0.2) is 14.4 Å². The van der Waals surface area contributed by atoms with Crippen LogP contribution >= 0.6 is 0 Å². The normalized spacial score (nSPS) is 16.3. The molecule has 1 aliphatic carbocycles. The smallest absolute Gasteiger partial charge is 0.377 e. The van der Waals surface area contributed by atoms with Crippen molar-refractivity contribution < 1.29 is 27.1 Å². The Morgan fingerprint density at radius 1 is 1.26 bits per heavy atom. The summed E-state index contributed by atoms with van der Waals surface area (Å²) < 4.78 is 60.0. The highest BCUT2D eigenvalue weighted by molar-refractivity contribution is 5.95. The molecule has 0 spiro atoms. The van der Waals surface area contributed by atoms with Crippen LogP contribution in [0.25, 0.3) is 22.5 Å². The summed E-state index contributed by atoms with van der Waals surface area (Å²) in [5.74, 6) is -0.921. The van der Waals surface area contributed by atoms with E-state index in [1.54, 1.807) is 16.7 Å². The van der Waals surface area contributed by atoms with Crippen molar-refractivity contribution >= 4 is 22.9 Å². The van der Waals surface area contributed by atoms with Crippen LogP contribution in [0.3, 0.4) is 0 Å². The van der Waals surface area contributed by atoms with Gasteiger partial charge in [0.05, 0.1) is 42.8 Å². The van der Waals surface area contributed by atoms with Crippen molar-refractivity contribution in [3.8, 4) is 11.3 Å². The van der Waals surface area contributed by atoms with E-state index in [2.05, 4.69) is 20.6 Å². The van der Waals surface area contributed by atoms with Crippen LogP contribution in [0.5, 0.6) is 0 Å². The third-order valence-electron chi connectivity index (χ3n) is 5.91. The topological polar surface area (TPSA) is 80.5 Å². The largest absolute Gasteiger partial charge is 0.390 e. The fourth-order valence-electron chi connectivity index (χ4n) is 3.91. The predicted octanol–water partition coefficient (Wildman–Crippen LogP) is 4.60. The van der Waals surface area contributed by atoms with E-state index in [1.165, 1.54) is 18.3 Å². The molecule has 2 aliphatic rings. The second-order valence-corrected chi connectivity index (χ2v) is 8.60. The zero-order valence-corrected chi connectivity index (χ0v) is 18.7. The molecule has 2 aromatic heterocycles. The Kier molecular flexibility index (Phi) is 6.18. The number of halogens is 4. The summed E-state index contributed by atoms with van der Waals surface area (Å²) in [4.78, 5) is 21.1. The molecule has 11 heteroatoms. The molecule has 0 saturated heterocycles. The van der Waals surface area contributed by atoms with E-state index in [4.69, 9.17) is 4.74 Å². The fourth-order valence-corrected chi connectivity index (χ4v) is 3.91. The molecular formula is C24H23F4N5O2. The summed E-state index contributed by atoms with van der Waals surface area (Å²) in [5.41, 5.74) is 2.72. The molecule has 0 atom stereocenters. The first-order valence-electron chi connectivity index (χ1n) is 11.3. The summed E-state index contributed by atoms with van der Waals surface area (Å²) in [6.07, 6.45) is 2.17. The number of imidazole rings is 1. The maximum Gasteiger partial charge on any atom is 0.390 e. The number of hydrogen-bond donors (Lipinski definition) is 2. The highest BCUT2D eigenvalue weighted by atomic mass is 19.4. The highest BCUT2D eigenvalue weighted by Crippen LogP contribution is 2.30. The standard InChI is InChI=1S/C24H23F4N5O2/c25-18-11-15(1-4-17(18)23(34)31-16-2-3-16)20-12-30-22-21(29-8-7-24(26,27)28)32-19(13-33(20)22)14-5-9-35-10-6-14/h1,4-5,11-13,16H,2-3,6-10H2,(H,29,32)(H,31,34). The van der Waals surface area contributed by atoms with E-state index in [0.29, 0.717) is 42.2 Å². The third-order valence-corrected chi connectivity index (χ3v) is 5.91. The molecule has 5 rings (SSSR count). The van der Waals surface area contributed by atoms with Crippen LogP contribution in [-0.4, -0.2) is 52.3 Å². The van der Waals surface area contributed by atoms with E-state index in [-0.39, 0.29) is 24.0 Å². The number of alkyl halides is 3. The molecular weight excluding hydrogens is 466 g/mol. The van der Waals surface area contributed by atoms with Crippen molar-refractivity contribution in [3.63, 3.8) is 0 Å². The number of amides is 1. The Labute approximate surface area is 198 Å². The molecule has 1 aliphatic heterocycles.